The first-order valence-electron chi connectivity index (χ1n) is 6.40. The topological polar surface area (TPSA) is 37.8 Å². The van der Waals surface area contributed by atoms with Crippen LogP contribution >= 0.6 is 11.8 Å². The van der Waals surface area contributed by atoms with Crippen molar-refractivity contribution in [3.63, 3.8) is 0 Å². The van der Waals surface area contributed by atoms with Crippen LogP contribution in [0, 0.1) is 5.82 Å². The molecule has 0 unspecified atom stereocenters. The molecule has 0 spiro atoms. The second-order valence-electron chi connectivity index (χ2n) is 4.28. The van der Waals surface area contributed by atoms with E-state index in [-0.39, 0.29) is 10.6 Å². The number of aromatic nitrogens is 2. The van der Waals surface area contributed by atoms with Gasteiger partial charge in [0.05, 0.1) is 5.69 Å². The molecule has 5 heteroatoms. The van der Waals surface area contributed by atoms with Crippen LogP contribution in [-0.2, 0) is 6.42 Å². The van der Waals surface area contributed by atoms with Crippen LogP contribution in [0.15, 0.2) is 6.33 Å². The lowest BCUT2D eigenvalue weighted by Crippen LogP contribution is -2.32. The summed E-state index contributed by atoms with van der Waals surface area (Å²) in [6.07, 6.45) is 6.19. The van der Waals surface area contributed by atoms with Crippen LogP contribution in [0.5, 0.6) is 0 Å². The summed E-state index contributed by atoms with van der Waals surface area (Å²) in [5.41, 5.74) is 0.468. The molecule has 0 aliphatic heterocycles. The van der Waals surface area contributed by atoms with Crippen molar-refractivity contribution in [3.8, 4) is 0 Å². The standard InChI is InChI=1S/C13H22FN3S/c1-5-10-11(14)12(17-9-16-10)15-8-13(6-2,7-3)18-4/h9H,5-8H2,1-4H3,(H,15,16,17). The quantitative estimate of drug-likeness (QED) is 0.823. The Balaban J connectivity index is 2.79. The van der Waals surface area contributed by atoms with Crippen molar-refractivity contribution in [2.45, 2.75) is 44.8 Å². The van der Waals surface area contributed by atoms with Crippen molar-refractivity contribution >= 4 is 17.6 Å². The van der Waals surface area contributed by atoms with Gasteiger partial charge in [0.15, 0.2) is 11.6 Å². The van der Waals surface area contributed by atoms with E-state index in [0.29, 0.717) is 17.9 Å². The second-order valence-corrected chi connectivity index (χ2v) is 5.56. The minimum absolute atomic E-state index is 0.143. The summed E-state index contributed by atoms with van der Waals surface area (Å²) in [4.78, 5) is 7.92. The summed E-state index contributed by atoms with van der Waals surface area (Å²) in [7, 11) is 0. The van der Waals surface area contributed by atoms with E-state index in [2.05, 4.69) is 35.4 Å². The van der Waals surface area contributed by atoms with Gasteiger partial charge in [-0.1, -0.05) is 20.8 Å². The summed E-state index contributed by atoms with van der Waals surface area (Å²) >= 11 is 1.82. The predicted molar refractivity (Wildman–Crippen MR) is 76.7 cm³/mol. The van der Waals surface area contributed by atoms with Crippen molar-refractivity contribution in [1.29, 1.82) is 0 Å². The van der Waals surface area contributed by atoms with Gasteiger partial charge in [-0.05, 0) is 25.5 Å². The van der Waals surface area contributed by atoms with E-state index in [9.17, 15) is 4.39 Å². The highest BCUT2D eigenvalue weighted by atomic mass is 32.2. The average molecular weight is 271 g/mol. The molecule has 1 rings (SSSR count). The molecular formula is C13H22FN3S. The number of hydrogen-bond acceptors (Lipinski definition) is 4. The highest BCUT2D eigenvalue weighted by Crippen LogP contribution is 2.30. The zero-order valence-corrected chi connectivity index (χ0v) is 12.4. The zero-order chi connectivity index (χ0) is 13.6. The van der Waals surface area contributed by atoms with Crippen molar-refractivity contribution in [2.24, 2.45) is 0 Å². The normalized spacial score (nSPS) is 11.6. The Bertz CT molecular complexity index is 372. The maximum atomic E-state index is 14.0. The molecule has 0 aromatic carbocycles. The first-order chi connectivity index (χ1) is 8.62. The maximum absolute atomic E-state index is 14.0. The minimum atomic E-state index is -0.317. The van der Waals surface area contributed by atoms with Gasteiger partial charge in [0, 0.05) is 11.3 Å². The summed E-state index contributed by atoms with van der Waals surface area (Å²) in [5.74, 6) is 0.00406. The largest absolute Gasteiger partial charge is 0.366 e. The molecule has 1 aromatic heterocycles. The Kier molecular flexibility index (Phi) is 5.85. The van der Waals surface area contributed by atoms with Gasteiger partial charge in [0.1, 0.15) is 6.33 Å². The third-order valence-corrected chi connectivity index (χ3v) is 5.08. The molecule has 102 valence electrons. The summed E-state index contributed by atoms with van der Waals surface area (Å²) < 4.78 is 14.1. The van der Waals surface area contributed by atoms with Gasteiger partial charge in [0.2, 0.25) is 0 Å². The molecule has 0 fully saturated rings. The second kappa shape index (κ2) is 6.92. The van der Waals surface area contributed by atoms with E-state index in [4.69, 9.17) is 0 Å². The van der Waals surface area contributed by atoms with E-state index in [1.54, 1.807) is 0 Å². The first kappa shape index (κ1) is 15.2. The number of anilines is 1. The number of aryl methyl sites for hydroxylation is 1. The third-order valence-electron chi connectivity index (χ3n) is 3.50. The van der Waals surface area contributed by atoms with Crippen molar-refractivity contribution in [2.75, 3.05) is 18.1 Å². The van der Waals surface area contributed by atoms with Crippen LogP contribution in [0.25, 0.3) is 0 Å². The Morgan fingerprint density at radius 1 is 1.28 bits per heavy atom. The van der Waals surface area contributed by atoms with Crippen LogP contribution in [0.4, 0.5) is 10.2 Å². The average Bonchev–Trinajstić information content (AvgIpc) is 2.42. The Hall–Kier alpha value is -0.840. The van der Waals surface area contributed by atoms with Crippen LogP contribution in [0.1, 0.15) is 39.3 Å². The van der Waals surface area contributed by atoms with E-state index in [0.717, 1.165) is 19.4 Å². The van der Waals surface area contributed by atoms with E-state index in [1.165, 1.54) is 6.33 Å². The fraction of sp³-hybridized carbons (Fsp3) is 0.692. The predicted octanol–water partition coefficient (Wildman–Crippen LogP) is 3.51. The highest BCUT2D eigenvalue weighted by Gasteiger charge is 2.25. The Morgan fingerprint density at radius 3 is 2.44 bits per heavy atom. The van der Waals surface area contributed by atoms with Crippen molar-refractivity contribution in [1.82, 2.24) is 9.97 Å². The fourth-order valence-electron chi connectivity index (χ4n) is 1.88. The molecule has 3 nitrogen and oxygen atoms in total. The van der Waals surface area contributed by atoms with Crippen molar-refractivity contribution < 1.29 is 4.39 Å². The van der Waals surface area contributed by atoms with Gasteiger partial charge in [-0.15, -0.1) is 0 Å². The van der Waals surface area contributed by atoms with Gasteiger partial charge < -0.3 is 5.32 Å². The lowest BCUT2D eigenvalue weighted by atomic mass is 10.0. The molecule has 0 atom stereocenters. The third kappa shape index (κ3) is 3.34. The number of nitrogens with one attached hydrogen (secondary N) is 1. The number of rotatable bonds is 7. The van der Waals surface area contributed by atoms with Crippen LogP contribution in [0.3, 0.4) is 0 Å². The smallest absolute Gasteiger partial charge is 0.186 e. The molecule has 0 amide bonds. The summed E-state index contributed by atoms with van der Waals surface area (Å²) in [5, 5.41) is 3.13. The first-order valence-corrected chi connectivity index (χ1v) is 7.63. The SMILES string of the molecule is CCc1ncnc(NCC(CC)(CC)SC)c1F. The molecule has 0 aliphatic carbocycles. The molecule has 0 saturated heterocycles. The van der Waals surface area contributed by atoms with Crippen LogP contribution in [0.2, 0.25) is 0 Å². The molecular weight excluding hydrogens is 249 g/mol. The van der Waals surface area contributed by atoms with Gasteiger partial charge in [-0.25, -0.2) is 14.4 Å². The Morgan fingerprint density at radius 2 is 1.94 bits per heavy atom. The van der Waals surface area contributed by atoms with Gasteiger partial charge >= 0.3 is 0 Å². The van der Waals surface area contributed by atoms with Gasteiger partial charge in [-0.2, -0.15) is 11.8 Å². The summed E-state index contributed by atoms with van der Waals surface area (Å²) in [6, 6.07) is 0. The molecule has 1 heterocycles. The molecule has 18 heavy (non-hydrogen) atoms. The van der Waals surface area contributed by atoms with Crippen LogP contribution in [-0.4, -0.2) is 27.5 Å². The minimum Gasteiger partial charge on any atom is -0.366 e. The van der Waals surface area contributed by atoms with Crippen LogP contribution < -0.4 is 5.32 Å². The molecule has 1 aromatic rings. The monoisotopic (exact) mass is 271 g/mol. The lowest BCUT2D eigenvalue weighted by Gasteiger charge is -2.30. The molecule has 1 N–H and O–H groups in total. The van der Waals surface area contributed by atoms with E-state index < -0.39 is 0 Å². The number of halogens is 1. The molecule has 0 saturated carbocycles. The van der Waals surface area contributed by atoms with Gasteiger partial charge in [-0.3, -0.25) is 0 Å². The molecule has 0 aliphatic rings. The maximum Gasteiger partial charge on any atom is 0.186 e. The Labute approximate surface area is 113 Å². The van der Waals surface area contributed by atoms with Gasteiger partial charge in [0.25, 0.3) is 0 Å². The number of hydrogen-bond donors (Lipinski definition) is 1. The highest BCUT2D eigenvalue weighted by molar-refractivity contribution is 8.00. The zero-order valence-electron chi connectivity index (χ0n) is 11.6. The molecule has 0 bridgehead atoms. The fourth-order valence-corrected chi connectivity index (χ4v) is 2.68. The number of nitrogens with zero attached hydrogens (tertiary/aromatic N) is 2. The summed E-state index contributed by atoms with van der Waals surface area (Å²) in [6.45, 7) is 6.93. The van der Waals surface area contributed by atoms with E-state index >= 15 is 0 Å². The van der Waals surface area contributed by atoms with E-state index in [1.807, 2.05) is 18.7 Å². The van der Waals surface area contributed by atoms with Crippen molar-refractivity contribution in [3.05, 3.63) is 17.8 Å². The number of thioether (sulfide) groups is 1. The lowest BCUT2D eigenvalue weighted by molar-refractivity contribution is 0.563. The molecule has 0 radical (unpaired) electrons.